The van der Waals surface area contributed by atoms with Crippen molar-refractivity contribution in [2.75, 3.05) is 39.4 Å². The molecule has 1 amide bonds. The first-order valence-corrected chi connectivity index (χ1v) is 10.5. The number of likely N-dealkylation sites (tertiary alicyclic amines) is 2. The van der Waals surface area contributed by atoms with Crippen molar-refractivity contribution in [3.8, 4) is 5.75 Å². The monoisotopic (exact) mass is 388 g/mol. The third-order valence-corrected chi connectivity index (χ3v) is 5.67. The fourth-order valence-corrected chi connectivity index (χ4v) is 4.28. The van der Waals surface area contributed by atoms with Crippen LogP contribution in [0.1, 0.15) is 51.1 Å². The topological polar surface area (TPSA) is 59.1 Å². The molecule has 1 aromatic rings. The van der Waals surface area contributed by atoms with Gasteiger partial charge in [0, 0.05) is 19.1 Å². The Bertz CT molecular complexity index is 661. The highest BCUT2D eigenvalue weighted by Gasteiger charge is 2.32. The number of hydrogen-bond acceptors (Lipinski definition) is 5. The number of benzene rings is 1. The first-order valence-electron chi connectivity index (χ1n) is 10.5. The number of piperidine rings is 1. The molecule has 6 heteroatoms. The Hall–Kier alpha value is -2.08. The Morgan fingerprint density at radius 1 is 1.04 bits per heavy atom. The van der Waals surface area contributed by atoms with Gasteiger partial charge in [0.2, 0.25) is 5.91 Å². The van der Waals surface area contributed by atoms with Gasteiger partial charge in [0.25, 0.3) is 0 Å². The van der Waals surface area contributed by atoms with Crippen molar-refractivity contribution in [1.82, 2.24) is 9.80 Å². The Kier molecular flexibility index (Phi) is 7.31. The molecule has 0 spiro atoms. The van der Waals surface area contributed by atoms with Crippen molar-refractivity contribution in [3.05, 3.63) is 29.8 Å². The van der Waals surface area contributed by atoms with Crippen LogP contribution in [0.4, 0.5) is 0 Å². The zero-order chi connectivity index (χ0) is 19.9. The van der Waals surface area contributed by atoms with Gasteiger partial charge in [-0.1, -0.05) is 12.1 Å². The van der Waals surface area contributed by atoms with Crippen LogP contribution in [0.25, 0.3) is 0 Å². The molecule has 6 nitrogen and oxygen atoms in total. The van der Waals surface area contributed by atoms with Gasteiger partial charge in [0.1, 0.15) is 5.75 Å². The molecular weight excluding hydrogens is 356 g/mol. The summed E-state index contributed by atoms with van der Waals surface area (Å²) in [5, 5.41) is 0. The second-order valence-corrected chi connectivity index (χ2v) is 7.56. The molecule has 3 rings (SSSR count). The molecule has 2 aliphatic heterocycles. The number of carbonyl (C=O) groups excluding carboxylic acids is 2. The Labute approximate surface area is 167 Å². The van der Waals surface area contributed by atoms with E-state index in [-0.39, 0.29) is 23.8 Å². The van der Waals surface area contributed by atoms with Crippen LogP contribution < -0.4 is 4.74 Å². The zero-order valence-corrected chi connectivity index (χ0v) is 17.1. The average Bonchev–Trinajstić information content (AvgIpc) is 3.17. The van der Waals surface area contributed by atoms with Crippen LogP contribution in [0.15, 0.2) is 24.3 Å². The van der Waals surface area contributed by atoms with Gasteiger partial charge in [-0.3, -0.25) is 14.5 Å². The van der Waals surface area contributed by atoms with Crippen molar-refractivity contribution in [2.24, 2.45) is 5.92 Å². The van der Waals surface area contributed by atoms with E-state index in [0.29, 0.717) is 26.3 Å². The van der Waals surface area contributed by atoms with E-state index in [1.54, 1.807) is 0 Å². The number of amides is 1. The van der Waals surface area contributed by atoms with Crippen LogP contribution in [0.5, 0.6) is 5.75 Å². The minimum atomic E-state index is -0.182. The lowest BCUT2D eigenvalue weighted by Crippen LogP contribution is -2.46. The van der Waals surface area contributed by atoms with Gasteiger partial charge in [-0.25, -0.2) is 0 Å². The van der Waals surface area contributed by atoms with Gasteiger partial charge >= 0.3 is 5.97 Å². The summed E-state index contributed by atoms with van der Waals surface area (Å²) in [6, 6.07) is 8.49. The van der Waals surface area contributed by atoms with E-state index in [2.05, 4.69) is 17.0 Å². The van der Waals surface area contributed by atoms with Gasteiger partial charge in [-0.05, 0) is 63.8 Å². The summed E-state index contributed by atoms with van der Waals surface area (Å²) in [6.07, 6.45) is 3.82. The smallest absolute Gasteiger partial charge is 0.310 e. The molecule has 28 heavy (non-hydrogen) atoms. The number of nitrogens with zero attached hydrogens (tertiary/aromatic N) is 2. The van der Waals surface area contributed by atoms with Gasteiger partial charge in [-0.2, -0.15) is 0 Å². The Morgan fingerprint density at radius 2 is 1.79 bits per heavy atom. The number of hydrogen-bond donors (Lipinski definition) is 0. The summed E-state index contributed by atoms with van der Waals surface area (Å²) < 4.78 is 10.7. The van der Waals surface area contributed by atoms with Crippen molar-refractivity contribution < 1.29 is 19.1 Å². The van der Waals surface area contributed by atoms with E-state index >= 15 is 0 Å². The van der Waals surface area contributed by atoms with Crippen molar-refractivity contribution >= 4 is 11.9 Å². The summed E-state index contributed by atoms with van der Waals surface area (Å²) >= 11 is 0. The standard InChI is InChI=1S/C22H32N2O4/c1-3-27-19-11-9-17(10-12-19)20-8-6-13-23(20)16-21(25)24-14-5-7-18(15-24)22(26)28-4-2/h9-12,18,20H,3-8,13-16H2,1-2H3/t18-,20-/m1/s1. The maximum atomic E-state index is 12.9. The van der Waals surface area contributed by atoms with Crippen molar-refractivity contribution in [3.63, 3.8) is 0 Å². The maximum absolute atomic E-state index is 12.9. The Morgan fingerprint density at radius 3 is 2.50 bits per heavy atom. The van der Waals surface area contributed by atoms with E-state index < -0.39 is 0 Å². The van der Waals surface area contributed by atoms with Gasteiger partial charge in [-0.15, -0.1) is 0 Å². The second kappa shape index (κ2) is 9.92. The largest absolute Gasteiger partial charge is 0.494 e. The molecule has 1 aromatic carbocycles. The molecule has 2 saturated heterocycles. The van der Waals surface area contributed by atoms with Crippen LogP contribution >= 0.6 is 0 Å². The third-order valence-electron chi connectivity index (χ3n) is 5.67. The molecule has 0 N–H and O–H groups in total. The molecule has 0 unspecified atom stereocenters. The zero-order valence-electron chi connectivity index (χ0n) is 17.1. The van der Waals surface area contributed by atoms with Gasteiger partial charge in [0.15, 0.2) is 0 Å². The molecule has 0 bridgehead atoms. The fraction of sp³-hybridized carbons (Fsp3) is 0.636. The lowest BCUT2D eigenvalue weighted by Gasteiger charge is -2.33. The molecule has 0 saturated carbocycles. The lowest BCUT2D eigenvalue weighted by molar-refractivity contribution is -0.151. The first kappa shape index (κ1) is 20.6. The van der Waals surface area contributed by atoms with E-state index in [0.717, 1.165) is 44.5 Å². The number of esters is 1. The van der Waals surface area contributed by atoms with Crippen molar-refractivity contribution in [1.29, 1.82) is 0 Å². The highest BCUT2D eigenvalue weighted by molar-refractivity contribution is 5.80. The van der Waals surface area contributed by atoms with Gasteiger partial charge in [0.05, 0.1) is 25.7 Å². The summed E-state index contributed by atoms with van der Waals surface area (Å²) in [5.74, 6) is 0.642. The second-order valence-electron chi connectivity index (χ2n) is 7.56. The fourth-order valence-electron chi connectivity index (χ4n) is 4.28. The number of rotatable bonds is 7. The van der Waals surface area contributed by atoms with Crippen LogP contribution in [0, 0.1) is 5.92 Å². The summed E-state index contributed by atoms with van der Waals surface area (Å²) in [7, 11) is 0. The van der Waals surface area contributed by atoms with E-state index in [4.69, 9.17) is 9.47 Å². The molecule has 2 aliphatic rings. The molecule has 2 fully saturated rings. The quantitative estimate of drug-likeness (QED) is 0.672. The van der Waals surface area contributed by atoms with Crippen LogP contribution in [-0.4, -0.2) is 61.1 Å². The first-order chi connectivity index (χ1) is 13.6. The van der Waals surface area contributed by atoms with Gasteiger partial charge < -0.3 is 14.4 Å². The summed E-state index contributed by atoms with van der Waals surface area (Å²) in [6.45, 7) is 7.40. The molecule has 0 radical (unpaired) electrons. The molecule has 0 aromatic heterocycles. The number of ether oxygens (including phenoxy) is 2. The average molecular weight is 389 g/mol. The minimum absolute atomic E-state index is 0.117. The summed E-state index contributed by atoms with van der Waals surface area (Å²) in [4.78, 5) is 29.1. The van der Waals surface area contributed by atoms with E-state index in [1.807, 2.05) is 30.9 Å². The van der Waals surface area contributed by atoms with Crippen LogP contribution in [0.2, 0.25) is 0 Å². The molecule has 2 atom stereocenters. The predicted molar refractivity (Wildman–Crippen MR) is 107 cm³/mol. The van der Waals surface area contributed by atoms with Crippen LogP contribution in [0.3, 0.4) is 0 Å². The minimum Gasteiger partial charge on any atom is -0.494 e. The summed E-state index contributed by atoms with van der Waals surface area (Å²) in [5.41, 5.74) is 1.23. The normalized spacial score (nSPS) is 22.9. The molecule has 154 valence electrons. The SMILES string of the molecule is CCOC(=O)[C@@H]1CCCN(C(=O)CN2CCC[C@@H]2c2ccc(OCC)cc2)C1. The van der Waals surface area contributed by atoms with E-state index in [1.165, 1.54) is 5.56 Å². The molecular formula is C22H32N2O4. The Balaban J connectivity index is 1.58. The van der Waals surface area contributed by atoms with Crippen LogP contribution in [-0.2, 0) is 14.3 Å². The predicted octanol–water partition coefficient (Wildman–Crippen LogP) is 3.02. The highest BCUT2D eigenvalue weighted by atomic mass is 16.5. The number of carbonyl (C=O) groups is 2. The molecule has 0 aliphatic carbocycles. The van der Waals surface area contributed by atoms with E-state index in [9.17, 15) is 9.59 Å². The van der Waals surface area contributed by atoms with Crippen molar-refractivity contribution in [2.45, 2.75) is 45.6 Å². The maximum Gasteiger partial charge on any atom is 0.310 e. The lowest BCUT2D eigenvalue weighted by atomic mass is 9.98. The molecule has 2 heterocycles. The highest BCUT2D eigenvalue weighted by Crippen LogP contribution is 2.32. The third kappa shape index (κ3) is 5.04.